The van der Waals surface area contributed by atoms with Gasteiger partial charge in [0.15, 0.2) is 0 Å². The van der Waals surface area contributed by atoms with Crippen molar-refractivity contribution in [2.75, 3.05) is 5.32 Å². The zero-order valence-corrected chi connectivity index (χ0v) is 12.5. The minimum atomic E-state index is -0.434. The van der Waals surface area contributed by atoms with E-state index in [2.05, 4.69) is 16.1 Å². The van der Waals surface area contributed by atoms with Gasteiger partial charge in [-0.3, -0.25) is 15.4 Å². The number of fused-ring (bicyclic) bond motifs is 1. The van der Waals surface area contributed by atoms with Crippen molar-refractivity contribution in [2.45, 2.75) is 17.2 Å². The average molecular weight is 316 g/mol. The number of anilines is 1. The molecule has 2 atom stereocenters. The van der Waals surface area contributed by atoms with Gasteiger partial charge in [0.05, 0.1) is 5.25 Å². The topological polar surface area (TPSA) is 96.2 Å². The van der Waals surface area contributed by atoms with Crippen molar-refractivity contribution >= 4 is 40.0 Å². The van der Waals surface area contributed by atoms with E-state index in [0.717, 1.165) is 16.5 Å². The summed E-state index contributed by atoms with van der Waals surface area (Å²) in [6.07, 6.45) is 0.109. The number of carbonyl (C=O) groups excluding carboxylic acids is 2. The maximum atomic E-state index is 12.2. The largest absolute Gasteiger partial charge is 0.330 e. The summed E-state index contributed by atoms with van der Waals surface area (Å²) in [5, 5.41) is 7.14. The van der Waals surface area contributed by atoms with Crippen LogP contribution in [0.15, 0.2) is 42.5 Å². The van der Waals surface area contributed by atoms with E-state index in [4.69, 9.17) is 5.84 Å². The summed E-state index contributed by atoms with van der Waals surface area (Å²) < 4.78 is 0. The quantitative estimate of drug-likeness (QED) is 0.501. The molecule has 2 aromatic rings. The van der Waals surface area contributed by atoms with E-state index in [9.17, 15) is 9.59 Å². The van der Waals surface area contributed by atoms with Crippen LogP contribution in [0.3, 0.4) is 0 Å². The van der Waals surface area contributed by atoms with Gasteiger partial charge in [-0.15, -0.1) is 11.8 Å². The fourth-order valence-corrected chi connectivity index (χ4v) is 3.44. The fourth-order valence-electron chi connectivity index (χ4n) is 2.41. The number of carbonyl (C=O) groups is 2. The SMILES string of the molecule is NNC1NC(=O)C(CC(=O)Nc2cccc3ccccc23)S1. The highest BCUT2D eigenvalue weighted by Crippen LogP contribution is 2.26. The van der Waals surface area contributed by atoms with Crippen LogP contribution in [0.2, 0.25) is 0 Å². The molecule has 1 aliphatic heterocycles. The normalized spacial score (nSPS) is 20.9. The maximum absolute atomic E-state index is 12.2. The Labute approximate surface area is 131 Å². The van der Waals surface area contributed by atoms with Gasteiger partial charge in [-0.1, -0.05) is 36.4 Å². The number of thioether (sulfide) groups is 1. The van der Waals surface area contributed by atoms with E-state index in [1.165, 1.54) is 11.8 Å². The van der Waals surface area contributed by atoms with Crippen molar-refractivity contribution in [3.8, 4) is 0 Å². The van der Waals surface area contributed by atoms with Gasteiger partial charge in [-0.05, 0) is 11.5 Å². The first-order valence-corrected chi connectivity index (χ1v) is 7.81. The number of hydrogen-bond acceptors (Lipinski definition) is 5. The van der Waals surface area contributed by atoms with E-state index in [-0.39, 0.29) is 23.7 Å². The molecule has 2 unspecified atom stereocenters. The molecule has 0 radical (unpaired) electrons. The summed E-state index contributed by atoms with van der Waals surface area (Å²) in [6, 6.07) is 13.6. The molecular weight excluding hydrogens is 300 g/mol. The highest BCUT2D eigenvalue weighted by molar-refractivity contribution is 8.01. The maximum Gasteiger partial charge on any atom is 0.235 e. The van der Waals surface area contributed by atoms with E-state index in [0.29, 0.717) is 0 Å². The van der Waals surface area contributed by atoms with Gasteiger partial charge in [-0.25, -0.2) is 5.43 Å². The second kappa shape index (κ2) is 6.35. The van der Waals surface area contributed by atoms with Crippen LogP contribution in [0.5, 0.6) is 0 Å². The minimum Gasteiger partial charge on any atom is -0.330 e. The van der Waals surface area contributed by atoms with Crippen LogP contribution in [0, 0.1) is 0 Å². The predicted molar refractivity (Wildman–Crippen MR) is 87.8 cm³/mol. The van der Waals surface area contributed by atoms with Crippen LogP contribution in [-0.2, 0) is 9.59 Å². The van der Waals surface area contributed by atoms with Gasteiger partial charge < -0.3 is 10.6 Å². The molecule has 2 aromatic carbocycles. The number of rotatable bonds is 4. The van der Waals surface area contributed by atoms with E-state index < -0.39 is 5.25 Å². The van der Waals surface area contributed by atoms with Crippen LogP contribution in [0.1, 0.15) is 6.42 Å². The van der Waals surface area contributed by atoms with Gasteiger partial charge in [0, 0.05) is 17.5 Å². The zero-order valence-electron chi connectivity index (χ0n) is 11.7. The van der Waals surface area contributed by atoms with Gasteiger partial charge >= 0.3 is 0 Å². The first kappa shape index (κ1) is 14.8. The van der Waals surface area contributed by atoms with Crippen molar-refractivity contribution in [1.29, 1.82) is 0 Å². The molecular formula is C15H16N4O2S. The molecule has 1 aliphatic rings. The monoisotopic (exact) mass is 316 g/mol. The third-order valence-electron chi connectivity index (χ3n) is 3.45. The number of nitrogens with one attached hydrogen (secondary N) is 3. The van der Waals surface area contributed by atoms with Crippen LogP contribution in [0.25, 0.3) is 10.8 Å². The Kier molecular flexibility index (Phi) is 4.28. The predicted octanol–water partition coefficient (Wildman–Crippen LogP) is 1.15. The molecule has 0 aliphatic carbocycles. The zero-order chi connectivity index (χ0) is 15.5. The molecule has 0 saturated carbocycles. The Bertz CT molecular complexity index is 716. The molecule has 5 N–H and O–H groups in total. The van der Waals surface area contributed by atoms with Crippen LogP contribution < -0.4 is 21.9 Å². The lowest BCUT2D eigenvalue weighted by atomic mass is 10.1. The Morgan fingerprint density at radius 3 is 2.77 bits per heavy atom. The van der Waals surface area contributed by atoms with E-state index in [1.54, 1.807) is 0 Å². The van der Waals surface area contributed by atoms with Crippen molar-refractivity contribution in [2.24, 2.45) is 5.84 Å². The smallest absolute Gasteiger partial charge is 0.235 e. The van der Waals surface area contributed by atoms with Gasteiger partial charge in [0.1, 0.15) is 5.50 Å². The fraction of sp³-hybridized carbons (Fsp3) is 0.200. The first-order valence-electron chi connectivity index (χ1n) is 6.87. The number of amides is 2. The summed E-state index contributed by atoms with van der Waals surface area (Å²) in [4.78, 5) is 23.9. The van der Waals surface area contributed by atoms with Crippen molar-refractivity contribution in [3.63, 3.8) is 0 Å². The number of nitrogens with two attached hydrogens (primary N) is 1. The van der Waals surface area contributed by atoms with E-state index >= 15 is 0 Å². The second-order valence-electron chi connectivity index (χ2n) is 4.96. The Balaban J connectivity index is 1.70. The molecule has 7 heteroatoms. The molecule has 22 heavy (non-hydrogen) atoms. The minimum absolute atomic E-state index is 0.109. The third-order valence-corrected chi connectivity index (χ3v) is 4.69. The molecule has 0 bridgehead atoms. The van der Waals surface area contributed by atoms with Crippen molar-refractivity contribution in [1.82, 2.24) is 10.7 Å². The van der Waals surface area contributed by atoms with Gasteiger partial charge in [0.2, 0.25) is 11.8 Å². The Morgan fingerprint density at radius 2 is 2.00 bits per heavy atom. The number of hydrogen-bond donors (Lipinski definition) is 4. The molecule has 6 nitrogen and oxygen atoms in total. The highest BCUT2D eigenvalue weighted by Gasteiger charge is 2.33. The molecule has 0 spiro atoms. The summed E-state index contributed by atoms with van der Waals surface area (Å²) >= 11 is 1.30. The Hall–Kier alpha value is -2.09. The van der Waals surface area contributed by atoms with Crippen molar-refractivity contribution < 1.29 is 9.59 Å². The van der Waals surface area contributed by atoms with Crippen molar-refractivity contribution in [3.05, 3.63) is 42.5 Å². The molecule has 3 rings (SSSR count). The van der Waals surface area contributed by atoms with E-state index in [1.807, 2.05) is 42.5 Å². The number of benzene rings is 2. The van der Waals surface area contributed by atoms with Gasteiger partial charge in [0.25, 0.3) is 0 Å². The summed E-state index contributed by atoms with van der Waals surface area (Å²) in [5.41, 5.74) is 2.88. The lowest BCUT2D eigenvalue weighted by molar-refractivity contribution is -0.123. The lowest BCUT2D eigenvalue weighted by Crippen LogP contribution is -2.41. The molecule has 1 saturated heterocycles. The third kappa shape index (κ3) is 3.06. The lowest BCUT2D eigenvalue weighted by Gasteiger charge is -2.10. The van der Waals surface area contributed by atoms with Gasteiger partial charge in [-0.2, -0.15) is 0 Å². The molecule has 0 aromatic heterocycles. The first-order chi connectivity index (χ1) is 10.7. The van der Waals surface area contributed by atoms with Crippen LogP contribution in [0.4, 0.5) is 5.69 Å². The average Bonchev–Trinajstić information content (AvgIpc) is 2.88. The Morgan fingerprint density at radius 1 is 1.23 bits per heavy atom. The summed E-state index contributed by atoms with van der Waals surface area (Å²) in [6.45, 7) is 0. The summed E-state index contributed by atoms with van der Waals surface area (Å²) in [7, 11) is 0. The standard InChI is InChI=1S/C15H16N4O2S/c16-19-15-18-14(21)12(22-15)8-13(20)17-11-7-3-5-9-4-1-2-6-10(9)11/h1-7,12,15,19H,8,16H2,(H,17,20)(H,18,21). The van der Waals surface area contributed by atoms with Crippen LogP contribution >= 0.6 is 11.8 Å². The molecule has 114 valence electrons. The molecule has 1 fully saturated rings. The molecule has 1 heterocycles. The molecule has 2 amide bonds. The highest BCUT2D eigenvalue weighted by atomic mass is 32.2. The van der Waals surface area contributed by atoms with Crippen LogP contribution in [-0.4, -0.2) is 22.6 Å². The number of hydrazine groups is 1. The second-order valence-corrected chi connectivity index (χ2v) is 6.27. The summed E-state index contributed by atoms with van der Waals surface area (Å²) in [5.74, 6) is 4.92.